The number of carbonyl (C=O) groups is 1. The van der Waals surface area contributed by atoms with Gasteiger partial charge in [0, 0.05) is 32.2 Å². The Morgan fingerprint density at radius 2 is 2.03 bits per heavy atom. The number of rotatable bonds is 8. The molecule has 4 rings (SSSR count). The zero-order valence-electron chi connectivity index (χ0n) is 18.7. The highest BCUT2D eigenvalue weighted by Crippen LogP contribution is 2.28. The van der Waals surface area contributed by atoms with Crippen molar-refractivity contribution in [3.05, 3.63) is 18.2 Å². The van der Waals surface area contributed by atoms with E-state index >= 15 is 0 Å². The van der Waals surface area contributed by atoms with Crippen LogP contribution in [0.25, 0.3) is 11.0 Å². The molecule has 1 atom stereocenters. The number of hydrogen-bond donors (Lipinski definition) is 1. The van der Waals surface area contributed by atoms with Gasteiger partial charge in [0.05, 0.1) is 23.6 Å². The zero-order valence-corrected chi connectivity index (χ0v) is 19.6. The largest absolute Gasteiger partial charge is 0.379 e. The van der Waals surface area contributed by atoms with Crippen LogP contribution < -0.4 is 5.32 Å². The molecule has 1 aromatic carbocycles. The maximum Gasteiger partial charge on any atom is 0.243 e. The molecule has 0 unspecified atom stereocenters. The van der Waals surface area contributed by atoms with Gasteiger partial charge in [0.2, 0.25) is 15.9 Å². The number of carbonyl (C=O) groups excluding carboxylic acids is 1. The normalized spacial score (nSPS) is 20.9. The topological polar surface area (TPSA) is 110 Å². The van der Waals surface area contributed by atoms with Crippen LogP contribution in [0, 0.1) is 0 Å². The number of benzene rings is 1. The highest BCUT2D eigenvalue weighted by molar-refractivity contribution is 7.89. The van der Waals surface area contributed by atoms with E-state index in [1.807, 2.05) is 13.8 Å². The minimum Gasteiger partial charge on any atom is -0.379 e. The summed E-state index contributed by atoms with van der Waals surface area (Å²) >= 11 is 0. The molecule has 2 aliphatic heterocycles. The van der Waals surface area contributed by atoms with Crippen LogP contribution in [0.15, 0.2) is 23.1 Å². The molecule has 0 radical (unpaired) electrons. The molecule has 2 fully saturated rings. The first-order valence-corrected chi connectivity index (χ1v) is 12.8. The number of morpholine rings is 1. The standard InChI is InChI=1S/C21H32N6O4S/c1-16(2)27-19-7-6-17(15-18(19)23-24-27)32(29,30)26-10-3-5-20(26)21(28)22-8-4-9-25-11-13-31-14-12-25/h6-7,15-16,20H,3-5,8-14H2,1-2H3,(H,22,28)/t20-/m1/s1. The van der Waals surface area contributed by atoms with Gasteiger partial charge in [0.25, 0.3) is 0 Å². The van der Waals surface area contributed by atoms with Crippen molar-refractivity contribution in [2.24, 2.45) is 0 Å². The van der Waals surface area contributed by atoms with E-state index in [-0.39, 0.29) is 16.8 Å². The second kappa shape index (κ2) is 9.82. The summed E-state index contributed by atoms with van der Waals surface area (Å²) in [6, 6.07) is 4.31. The number of aromatic nitrogens is 3. The molecule has 0 bridgehead atoms. The highest BCUT2D eigenvalue weighted by Gasteiger charge is 2.39. The smallest absolute Gasteiger partial charge is 0.243 e. The Balaban J connectivity index is 1.40. The molecule has 2 aromatic rings. The maximum absolute atomic E-state index is 13.3. The molecule has 10 nitrogen and oxygen atoms in total. The van der Waals surface area contributed by atoms with Crippen LogP contribution in [0.5, 0.6) is 0 Å². The van der Waals surface area contributed by atoms with Gasteiger partial charge in [-0.05, 0) is 57.9 Å². The molecule has 32 heavy (non-hydrogen) atoms. The molecule has 0 saturated carbocycles. The Bertz CT molecular complexity index is 1050. The summed E-state index contributed by atoms with van der Waals surface area (Å²) in [4.78, 5) is 15.3. The molecular formula is C21H32N6O4S. The fourth-order valence-electron chi connectivity index (χ4n) is 4.35. The molecule has 1 N–H and O–H groups in total. The molecule has 1 amide bonds. The van der Waals surface area contributed by atoms with Gasteiger partial charge in [-0.2, -0.15) is 4.31 Å². The predicted molar refractivity (Wildman–Crippen MR) is 120 cm³/mol. The lowest BCUT2D eigenvalue weighted by Crippen LogP contribution is -2.46. The number of ether oxygens (including phenoxy) is 1. The first-order chi connectivity index (χ1) is 15.4. The number of nitrogens with zero attached hydrogens (tertiary/aromatic N) is 5. The Morgan fingerprint density at radius 3 is 2.78 bits per heavy atom. The van der Waals surface area contributed by atoms with Crippen LogP contribution >= 0.6 is 0 Å². The number of nitrogens with one attached hydrogen (secondary N) is 1. The monoisotopic (exact) mass is 464 g/mol. The first kappa shape index (κ1) is 23.1. The van der Waals surface area contributed by atoms with Crippen LogP contribution in [0.2, 0.25) is 0 Å². The summed E-state index contributed by atoms with van der Waals surface area (Å²) in [6.45, 7) is 9.08. The van der Waals surface area contributed by atoms with E-state index in [0.717, 1.165) is 44.8 Å². The van der Waals surface area contributed by atoms with Crippen LogP contribution in [0.1, 0.15) is 39.2 Å². The molecule has 0 aliphatic carbocycles. The summed E-state index contributed by atoms with van der Waals surface area (Å²) < 4.78 is 35.1. The van der Waals surface area contributed by atoms with Crippen LogP contribution in [-0.4, -0.2) is 90.5 Å². The molecule has 1 aromatic heterocycles. The van der Waals surface area contributed by atoms with E-state index in [4.69, 9.17) is 4.74 Å². The Kier molecular flexibility index (Phi) is 7.08. The maximum atomic E-state index is 13.3. The van der Waals surface area contributed by atoms with E-state index in [0.29, 0.717) is 31.4 Å². The second-order valence-corrected chi connectivity index (χ2v) is 10.5. The quantitative estimate of drug-likeness (QED) is 0.581. The van der Waals surface area contributed by atoms with Crippen molar-refractivity contribution in [1.82, 2.24) is 29.5 Å². The minimum absolute atomic E-state index is 0.123. The zero-order chi connectivity index (χ0) is 22.7. The van der Waals surface area contributed by atoms with Gasteiger partial charge in [0.15, 0.2) is 0 Å². The molecule has 11 heteroatoms. The first-order valence-electron chi connectivity index (χ1n) is 11.3. The molecule has 2 aliphatic rings. The fraction of sp³-hybridized carbons (Fsp3) is 0.667. The van der Waals surface area contributed by atoms with Crippen molar-refractivity contribution in [3.8, 4) is 0 Å². The lowest BCUT2D eigenvalue weighted by molar-refractivity contribution is -0.124. The van der Waals surface area contributed by atoms with E-state index in [9.17, 15) is 13.2 Å². The van der Waals surface area contributed by atoms with Gasteiger partial charge in [-0.1, -0.05) is 5.21 Å². The van der Waals surface area contributed by atoms with Crippen molar-refractivity contribution in [2.75, 3.05) is 45.9 Å². The number of sulfonamides is 1. The van der Waals surface area contributed by atoms with Gasteiger partial charge < -0.3 is 10.1 Å². The average Bonchev–Trinajstić information content (AvgIpc) is 3.44. The molecular weight excluding hydrogens is 432 g/mol. The van der Waals surface area contributed by atoms with Crippen molar-refractivity contribution in [2.45, 2.75) is 50.1 Å². The Hall–Kier alpha value is -2.08. The second-order valence-electron chi connectivity index (χ2n) is 8.65. The summed E-state index contributed by atoms with van der Waals surface area (Å²) in [5.41, 5.74) is 1.32. The third-order valence-electron chi connectivity index (χ3n) is 6.10. The summed E-state index contributed by atoms with van der Waals surface area (Å²) in [7, 11) is -3.81. The van der Waals surface area contributed by atoms with E-state index in [2.05, 4.69) is 20.5 Å². The van der Waals surface area contributed by atoms with Gasteiger partial charge in [-0.25, -0.2) is 13.1 Å². The predicted octanol–water partition coefficient (Wildman–Crippen LogP) is 1.00. The van der Waals surface area contributed by atoms with E-state index < -0.39 is 16.1 Å². The summed E-state index contributed by atoms with van der Waals surface area (Å²) in [6.07, 6.45) is 2.02. The van der Waals surface area contributed by atoms with Crippen molar-refractivity contribution < 1.29 is 17.9 Å². The van der Waals surface area contributed by atoms with Crippen LogP contribution in [0.3, 0.4) is 0 Å². The van der Waals surface area contributed by atoms with Crippen molar-refractivity contribution in [1.29, 1.82) is 0 Å². The van der Waals surface area contributed by atoms with Crippen LogP contribution in [-0.2, 0) is 19.6 Å². The summed E-state index contributed by atoms with van der Waals surface area (Å²) in [5, 5.41) is 11.2. The Morgan fingerprint density at radius 1 is 1.25 bits per heavy atom. The fourth-order valence-corrected chi connectivity index (χ4v) is 6.02. The number of fused-ring (bicyclic) bond motifs is 1. The SMILES string of the molecule is CC(C)n1nnc2cc(S(=O)(=O)N3CCC[C@@H]3C(=O)NCCCN3CCOCC3)ccc21. The number of amides is 1. The third-order valence-corrected chi connectivity index (χ3v) is 8.00. The third kappa shape index (κ3) is 4.80. The number of hydrogen-bond acceptors (Lipinski definition) is 7. The van der Waals surface area contributed by atoms with Crippen molar-refractivity contribution >= 4 is 27.0 Å². The van der Waals surface area contributed by atoms with Gasteiger partial charge in [0.1, 0.15) is 11.6 Å². The molecule has 3 heterocycles. The average molecular weight is 465 g/mol. The van der Waals surface area contributed by atoms with Gasteiger partial charge in [-0.15, -0.1) is 5.10 Å². The lowest BCUT2D eigenvalue weighted by Gasteiger charge is -2.27. The minimum atomic E-state index is -3.81. The lowest BCUT2D eigenvalue weighted by atomic mass is 10.2. The van der Waals surface area contributed by atoms with Gasteiger partial charge >= 0.3 is 0 Å². The van der Waals surface area contributed by atoms with Gasteiger partial charge in [-0.3, -0.25) is 9.69 Å². The molecule has 176 valence electrons. The van der Waals surface area contributed by atoms with Crippen LogP contribution in [0.4, 0.5) is 0 Å². The Labute approximate surface area is 188 Å². The van der Waals surface area contributed by atoms with E-state index in [1.54, 1.807) is 22.9 Å². The summed E-state index contributed by atoms with van der Waals surface area (Å²) in [5.74, 6) is -0.222. The van der Waals surface area contributed by atoms with E-state index in [1.165, 1.54) is 4.31 Å². The highest BCUT2D eigenvalue weighted by atomic mass is 32.2. The van der Waals surface area contributed by atoms with Crippen molar-refractivity contribution in [3.63, 3.8) is 0 Å². The molecule has 0 spiro atoms. The molecule has 2 saturated heterocycles.